The molecule has 1 aliphatic rings. The Morgan fingerprint density at radius 2 is 2.10 bits per heavy atom. The molecule has 0 amide bonds. The van der Waals surface area contributed by atoms with Gasteiger partial charge in [0.25, 0.3) is 0 Å². The van der Waals surface area contributed by atoms with Crippen molar-refractivity contribution in [3.05, 3.63) is 34.5 Å². The number of aromatic amines is 1. The second-order valence-corrected chi connectivity index (χ2v) is 5.32. The molecule has 108 valence electrons. The number of rotatable bonds is 3. The van der Waals surface area contributed by atoms with Crippen molar-refractivity contribution in [3.63, 3.8) is 0 Å². The minimum absolute atomic E-state index is 0.150. The highest BCUT2D eigenvalue weighted by atomic mass is 19.1. The van der Waals surface area contributed by atoms with Gasteiger partial charge >= 0.3 is 5.69 Å². The van der Waals surface area contributed by atoms with Gasteiger partial charge in [0, 0.05) is 32.2 Å². The van der Waals surface area contributed by atoms with Crippen molar-refractivity contribution in [1.29, 1.82) is 0 Å². The van der Waals surface area contributed by atoms with Crippen LogP contribution in [0.25, 0.3) is 11.0 Å². The number of H-pyrrole nitrogens is 1. The van der Waals surface area contributed by atoms with E-state index in [0.29, 0.717) is 12.1 Å². The number of fused-ring (bicyclic) bond motifs is 1. The summed E-state index contributed by atoms with van der Waals surface area (Å²) in [4.78, 5) is 17.2. The van der Waals surface area contributed by atoms with Crippen LogP contribution in [0.3, 0.4) is 0 Å². The van der Waals surface area contributed by atoms with Crippen LogP contribution in [-0.2, 0) is 0 Å². The van der Waals surface area contributed by atoms with Crippen LogP contribution >= 0.6 is 0 Å². The zero-order valence-corrected chi connectivity index (χ0v) is 11.3. The van der Waals surface area contributed by atoms with Gasteiger partial charge in [-0.15, -0.1) is 0 Å². The van der Waals surface area contributed by atoms with Crippen LogP contribution in [0, 0.1) is 5.82 Å². The molecular formula is C14H19FN4O. The summed E-state index contributed by atoms with van der Waals surface area (Å²) >= 11 is 0. The monoisotopic (exact) mass is 278 g/mol. The number of hydrogen-bond donors (Lipinski definition) is 2. The number of hydrogen-bond acceptors (Lipinski definition) is 3. The molecule has 0 unspecified atom stereocenters. The summed E-state index contributed by atoms with van der Waals surface area (Å²) in [6.07, 6.45) is 1.84. The number of nitrogens with two attached hydrogens (primary N) is 1. The number of likely N-dealkylation sites (tertiary alicyclic amines) is 1. The van der Waals surface area contributed by atoms with Gasteiger partial charge in [0.2, 0.25) is 0 Å². The number of imidazole rings is 1. The molecule has 0 radical (unpaired) electrons. The molecule has 0 bridgehead atoms. The number of nitrogens with one attached hydrogen (secondary N) is 1. The van der Waals surface area contributed by atoms with Crippen LogP contribution in [0.5, 0.6) is 0 Å². The summed E-state index contributed by atoms with van der Waals surface area (Å²) in [5.41, 5.74) is 6.77. The van der Waals surface area contributed by atoms with Gasteiger partial charge in [0.1, 0.15) is 5.82 Å². The van der Waals surface area contributed by atoms with E-state index < -0.39 is 0 Å². The smallest absolute Gasteiger partial charge is 0.326 e. The second kappa shape index (κ2) is 5.38. The molecule has 2 heterocycles. The average molecular weight is 278 g/mol. The van der Waals surface area contributed by atoms with Crippen molar-refractivity contribution in [2.75, 3.05) is 26.2 Å². The first-order valence-corrected chi connectivity index (χ1v) is 7.01. The van der Waals surface area contributed by atoms with Crippen molar-refractivity contribution in [2.45, 2.75) is 18.9 Å². The normalized spacial score (nSPS) is 17.9. The van der Waals surface area contributed by atoms with E-state index in [9.17, 15) is 9.18 Å². The van der Waals surface area contributed by atoms with Crippen molar-refractivity contribution in [3.8, 4) is 0 Å². The Morgan fingerprint density at radius 1 is 1.35 bits per heavy atom. The van der Waals surface area contributed by atoms with Crippen molar-refractivity contribution in [1.82, 2.24) is 14.5 Å². The highest BCUT2D eigenvalue weighted by Crippen LogP contribution is 2.24. The quantitative estimate of drug-likeness (QED) is 0.882. The molecule has 1 aromatic heterocycles. The molecule has 0 atom stereocenters. The Labute approximate surface area is 116 Å². The average Bonchev–Trinajstić information content (AvgIpc) is 2.75. The van der Waals surface area contributed by atoms with Gasteiger partial charge in [0.15, 0.2) is 0 Å². The standard InChI is InChI=1S/C14H19FN4O/c15-10-1-2-13-12(9-10)17-14(20)19(13)11-3-6-18(7-4-11)8-5-16/h1-2,9,11H,3-8,16H2,(H,17,20). The SMILES string of the molecule is NCCN1CCC(n2c(=O)[nH]c3cc(F)ccc32)CC1. The summed E-state index contributed by atoms with van der Waals surface area (Å²) in [6.45, 7) is 3.46. The molecule has 0 saturated carbocycles. The van der Waals surface area contributed by atoms with E-state index in [-0.39, 0.29) is 17.5 Å². The largest absolute Gasteiger partial charge is 0.329 e. The lowest BCUT2D eigenvalue weighted by atomic mass is 10.0. The number of piperidine rings is 1. The Balaban J connectivity index is 1.88. The number of nitrogens with zero attached hydrogens (tertiary/aromatic N) is 2. The van der Waals surface area contributed by atoms with Gasteiger partial charge in [-0.1, -0.05) is 0 Å². The molecule has 0 spiro atoms. The van der Waals surface area contributed by atoms with Gasteiger partial charge < -0.3 is 15.6 Å². The van der Waals surface area contributed by atoms with Gasteiger partial charge in [-0.3, -0.25) is 4.57 Å². The maximum absolute atomic E-state index is 13.2. The maximum Gasteiger partial charge on any atom is 0.326 e. The number of aromatic nitrogens is 2. The minimum Gasteiger partial charge on any atom is -0.329 e. The summed E-state index contributed by atoms with van der Waals surface area (Å²) in [7, 11) is 0. The second-order valence-electron chi connectivity index (χ2n) is 5.32. The van der Waals surface area contributed by atoms with Gasteiger partial charge in [-0.05, 0) is 31.0 Å². The fourth-order valence-corrected chi connectivity index (χ4v) is 3.05. The Bertz CT molecular complexity index is 655. The molecule has 1 aromatic carbocycles. The number of benzene rings is 1. The first-order valence-electron chi connectivity index (χ1n) is 7.01. The predicted octanol–water partition coefficient (Wildman–Crippen LogP) is 1.06. The van der Waals surface area contributed by atoms with E-state index >= 15 is 0 Å². The van der Waals surface area contributed by atoms with Crippen molar-refractivity contribution >= 4 is 11.0 Å². The summed E-state index contributed by atoms with van der Waals surface area (Å²) in [5, 5.41) is 0. The van der Waals surface area contributed by atoms with E-state index in [4.69, 9.17) is 5.73 Å². The maximum atomic E-state index is 13.2. The lowest BCUT2D eigenvalue weighted by Gasteiger charge is -2.32. The summed E-state index contributed by atoms with van der Waals surface area (Å²) < 4.78 is 15.0. The van der Waals surface area contributed by atoms with E-state index in [2.05, 4.69) is 9.88 Å². The van der Waals surface area contributed by atoms with E-state index in [0.717, 1.165) is 38.0 Å². The van der Waals surface area contributed by atoms with Crippen LogP contribution in [0.2, 0.25) is 0 Å². The van der Waals surface area contributed by atoms with Crippen molar-refractivity contribution in [2.24, 2.45) is 5.73 Å². The van der Waals surface area contributed by atoms with Gasteiger partial charge in [-0.25, -0.2) is 9.18 Å². The molecule has 0 aliphatic carbocycles. The van der Waals surface area contributed by atoms with Gasteiger partial charge in [0.05, 0.1) is 11.0 Å². The minimum atomic E-state index is -0.330. The molecule has 1 fully saturated rings. The fraction of sp³-hybridized carbons (Fsp3) is 0.500. The van der Waals surface area contributed by atoms with Crippen LogP contribution in [0.1, 0.15) is 18.9 Å². The Hall–Kier alpha value is -1.66. The Morgan fingerprint density at radius 3 is 2.80 bits per heavy atom. The zero-order valence-electron chi connectivity index (χ0n) is 11.3. The third kappa shape index (κ3) is 2.36. The fourth-order valence-electron chi connectivity index (χ4n) is 3.05. The molecule has 5 nitrogen and oxygen atoms in total. The molecule has 1 aliphatic heterocycles. The number of halogens is 1. The van der Waals surface area contributed by atoms with E-state index in [1.807, 2.05) is 0 Å². The van der Waals surface area contributed by atoms with Crippen LogP contribution < -0.4 is 11.4 Å². The highest BCUT2D eigenvalue weighted by molar-refractivity contribution is 5.75. The van der Waals surface area contributed by atoms with Crippen LogP contribution in [0.15, 0.2) is 23.0 Å². The topological polar surface area (TPSA) is 67.0 Å². The molecule has 20 heavy (non-hydrogen) atoms. The first kappa shape index (κ1) is 13.3. The summed E-state index contributed by atoms with van der Waals surface area (Å²) in [5.74, 6) is -0.330. The van der Waals surface area contributed by atoms with E-state index in [1.54, 1.807) is 10.6 Å². The third-order valence-electron chi connectivity index (χ3n) is 4.05. The zero-order chi connectivity index (χ0) is 14.1. The predicted molar refractivity (Wildman–Crippen MR) is 76.3 cm³/mol. The molecule has 3 N–H and O–H groups in total. The Kier molecular flexibility index (Phi) is 3.58. The third-order valence-corrected chi connectivity index (χ3v) is 4.05. The van der Waals surface area contributed by atoms with E-state index in [1.165, 1.54) is 12.1 Å². The highest BCUT2D eigenvalue weighted by Gasteiger charge is 2.23. The molecule has 2 aromatic rings. The lowest BCUT2D eigenvalue weighted by Crippen LogP contribution is -2.39. The van der Waals surface area contributed by atoms with Crippen LogP contribution in [0.4, 0.5) is 4.39 Å². The van der Waals surface area contributed by atoms with Gasteiger partial charge in [-0.2, -0.15) is 0 Å². The molecule has 1 saturated heterocycles. The molecule has 6 heteroatoms. The van der Waals surface area contributed by atoms with Crippen LogP contribution in [-0.4, -0.2) is 40.6 Å². The lowest BCUT2D eigenvalue weighted by molar-refractivity contribution is 0.191. The summed E-state index contributed by atoms with van der Waals surface area (Å²) in [6, 6.07) is 4.62. The first-order chi connectivity index (χ1) is 9.69. The van der Waals surface area contributed by atoms with Crippen molar-refractivity contribution < 1.29 is 4.39 Å². The molecule has 3 rings (SSSR count). The molecular weight excluding hydrogens is 259 g/mol.